The van der Waals surface area contributed by atoms with E-state index in [-0.39, 0.29) is 23.7 Å². The van der Waals surface area contributed by atoms with Gasteiger partial charge in [0.15, 0.2) is 5.12 Å². The Kier molecular flexibility index (Phi) is 11.9. The smallest absolute Gasteiger partial charge is 0.318 e. The third-order valence-electron chi connectivity index (χ3n) is 6.45. The van der Waals surface area contributed by atoms with Crippen molar-refractivity contribution in [3.05, 3.63) is 71.8 Å². The summed E-state index contributed by atoms with van der Waals surface area (Å²) in [5, 5.41) is 12.2. The van der Waals surface area contributed by atoms with E-state index >= 15 is 0 Å². The second-order valence-corrected chi connectivity index (χ2v) is 10.4. The van der Waals surface area contributed by atoms with Gasteiger partial charge < -0.3 is 20.2 Å². The Labute approximate surface area is 224 Å². The first-order valence-electron chi connectivity index (χ1n) is 12.8. The summed E-state index contributed by atoms with van der Waals surface area (Å²) in [6, 6.07) is 18.7. The Hall–Kier alpha value is -2.88. The molecule has 0 spiro atoms. The summed E-state index contributed by atoms with van der Waals surface area (Å²) >= 11 is 1.20. The number of hydrogen-bond donors (Lipinski definition) is 2. The van der Waals surface area contributed by atoms with Crippen LogP contribution in [0.25, 0.3) is 0 Å². The van der Waals surface area contributed by atoms with Crippen LogP contribution in [0.4, 0.5) is 4.79 Å². The first-order valence-corrected chi connectivity index (χ1v) is 13.8. The summed E-state index contributed by atoms with van der Waals surface area (Å²) in [6.45, 7) is 5.64. The maximum atomic E-state index is 13.6. The molecule has 1 unspecified atom stereocenters. The number of carbonyl (C=O) groups excluding carboxylic acids is 3. The highest BCUT2D eigenvalue weighted by molar-refractivity contribution is 8.13. The van der Waals surface area contributed by atoms with Gasteiger partial charge in [-0.1, -0.05) is 72.4 Å². The van der Waals surface area contributed by atoms with E-state index in [1.54, 1.807) is 4.90 Å². The number of piperazine rings is 1. The zero-order chi connectivity index (χ0) is 26.5. The normalized spacial score (nSPS) is 14.7. The molecule has 1 aliphatic heterocycles. The first kappa shape index (κ1) is 28.7. The number of hydrogen-bond acceptors (Lipinski definition) is 6. The zero-order valence-corrected chi connectivity index (χ0v) is 22.4. The number of benzene rings is 2. The molecule has 3 rings (SSSR count). The summed E-state index contributed by atoms with van der Waals surface area (Å²) in [5.41, 5.74) is 2.10. The molecule has 0 aliphatic carbocycles. The van der Waals surface area contributed by atoms with Crippen molar-refractivity contribution in [2.75, 3.05) is 58.2 Å². The molecule has 200 valence electrons. The molecular formula is C28H38N4O4S. The van der Waals surface area contributed by atoms with Gasteiger partial charge in [-0.3, -0.25) is 14.5 Å². The van der Waals surface area contributed by atoms with Gasteiger partial charge >= 0.3 is 6.03 Å². The average molecular weight is 527 g/mol. The van der Waals surface area contributed by atoms with Crippen molar-refractivity contribution >= 4 is 28.8 Å². The molecule has 3 amide bonds. The van der Waals surface area contributed by atoms with Crippen LogP contribution in [0, 0.1) is 0 Å². The Morgan fingerprint density at radius 1 is 0.946 bits per heavy atom. The van der Waals surface area contributed by atoms with Crippen LogP contribution in [-0.4, -0.2) is 101 Å². The molecule has 2 N–H and O–H groups in total. The van der Waals surface area contributed by atoms with Crippen molar-refractivity contribution in [3.8, 4) is 0 Å². The molecule has 1 heterocycles. The number of aliphatic hydroxyl groups is 1. The quantitative estimate of drug-likeness (QED) is 0.441. The third kappa shape index (κ3) is 9.83. The van der Waals surface area contributed by atoms with Crippen LogP contribution in [0.3, 0.4) is 0 Å². The van der Waals surface area contributed by atoms with E-state index in [4.69, 9.17) is 0 Å². The minimum absolute atomic E-state index is 0.0147. The molecule has 0 saturated carbocycles. The number of carbonyl (C=O) groups is 3. The molecule has 0 radical (unpaired) electrons. The van der Waals surface area contributed by atoms with E-state index in [0.717, 1.165) is 11.1 Å². The Bertz CT molecular complexity index is 984. The molecule has 1 aliphatic rings. The van der Waals surface area contributed by atoms with Gasteiger partial charge in [-0.2, -0.15) is 0 Å². The molecule has 0 aromatic heterocycles. The molecule has 37 heavy (non-hydrogen) atoms. The van der Waals surface area contributed by atoms with Gasteiger partial charge in [0, 0.05) is 64.9 Å². The summed E-state index contributed by atoms with van der Waals surface area (Å²) in [7, 11) is 0. The van der Waals surface area contributed by atoms with E-state index in [0.29, 0.717) is 64.4 Å². The lowest BCUT2D eigenvalue weighted by Crippen LogP contribution is -2.57. The topological polar surface area (TPSA) is 93.2 Å². The number of thioether (sulfide) groups is 1. The second-order valence-electron chi connectivity index (χ2n) is 9.15. The number of urea groups is 1. The second kappa shape index (κ2) is 15.4. The van der Waals surface area contributed by atoms with Gasteiger partial charge in [-0.15, -0.1) is 0 Å². The maximum Gasteiger partial charge on any atom is 0.318 e. The summed E-state index contributed by atoms with van der Waals surface area (Å²) < 4.78 is 0. The number of nitrogens with one attached hydrogen (secondary N) is 1. The third-order valence-corrected chi connectivity index (χ3v) is 7.24. The fourth-order valence-electron chi connectivity index (χ4n) is 4.37. The van der Waals surface area contributed by atoms with Crippen molar-refractivity contribution in [2.24, 2.45) is 0 Å². The number of aliphatic hydroxyl groups excluding tert-OH is 1. The molecule has 2 aromatic carbocycles. The fraction of sp³-hybridized carbons (Fsp3) is 0.464. The zero-order valence-electron chi connectivity index (χ0n) is 21.6. The maximum absolute atomic E-state index is 13.6. The lowest BCUT2D eigenvalue weighted by molar-refractivity contribution is -0.135. The minimum atomic E-state index is -0.695. The van der Waals surface area contributed by atoms with Crippen LogP contribution >= 0.6 is 11.8 Å². The Balaban J connectivity index is 1.70. The van der Waals surface area contributed by atoms with Crippen molar-refractivity contribution in [1.82, 2.24) is 20.0 Å². The van der Waals surface area contributed by atoms with Crippen LogP contribution in [0.1, 0.15) is 18.1 Å². The van der Waals surface area contributed by atoms with Crippen molar-refractivity contribution in [2.45, 2.75) is 25.8 Å². The van der Waals surface area contributed by atoms with E-state index in [9.17, 15) is 19.5 Å². The monoisotopic (exact) mass is 526 g/mol. The highest BCUT2D eigenvalue weighted by Gasteiger charge is 2.30. The summed E-state index contributed by atoms with van der Waals surface area (Å²) in [5.74, 6) is 0.406. The molecule has 8 nitrogen and oxygen atoms in total. The van der Waals surface area contributed by atoms with E-state index in [2.05, 4.69) is 10.2 Å². The Morgan fingerprint density at radius 2 is 1.57 bits per heavy atom. The van der Waals surface area contributed by atoms with Crippen LogP contribution < -0.4 is 5.32 Å². The lowest BCUT2D eigenvalue weighted by atomic mass is 10.0. The summed E-state index contributed by atoms with van der Waals surface area (Å²) in [4.78, 5) is 44.2. The highest BCUT2D eigenvalue weighted by Crippen LogP contribution is 2.11. The SMILES string of the molecule is CC(=O)SCCN(CCc1ccccc1)C(=O)NC(Cc1ccccc1)C(=O)N1CCN(CCO)CC1. The van der Waals surface area contributed by atoms with Crippen molar-refractivity contribution < 1.29 is 19.5 Å². The van der Waals surface area contributed by atoms with E-state index in [1.165, 1.54) is 18.7 Å². The van der Waals surface area contributed by atoms with Gasteiger partial charge in [0.2, 0.25) is 5.91 Å². The molecule has 1 atom stereocenters. The molecule has 0 bridgehead atoms. The lowest BCUT2D eigenvalue weighted by Gasteiger charge is -2.36. The van der Waals surface area contributed by atoms with Gasteiger partial charge in [0.25, 0.3) is 0 Å². The fourth-order valence-corrected chi connectivity index (χ4v) is 4.97. The predicted octanol–water partition coefficient (Wildman–Crippen LogP) is 2.27. The minimum Gasteiger partial charge on any atom is -0.395 e. The average Bonchev–Trinajstić information content (AvgIpc) is 2.91. The molecular weight excluding hydrogens is 488 g/mol. The highest BCUT2D eigenvalue weighted by atomic mass is 32.2. The van der Waals surface area contributed by atoms with Gasteiger partial charge in [-0.05, 0) is 17.5 Å². The van der Waals surface area contributed by atoms with Gasteiger partial charge in [0.1, 0.15) is 6.04 Å². The largest absolute Gasteiger partial charge is 0.395 e. The summed E-state index contributed by atoms with van der Waals surface area (Å²) in [6.07, 6.45) is 1.08. The van der Waals surface area contributed by atoms with Crippen LogP contribution in [0.5, 0.6) is 0 Å². The van der Waals surface area contributed by atoms with E-state index in [1.807, 2.05) is 65.6 Å². The molecule has 1 saturated heterocycles. The number of nitrogens with zero attached hydrogens (tertiary/aromatic N) is 3. The number of β-amino-alcohol motifs (C(OH)–C–C–N with tert-alkyl or cyclic N) is 1. The predicted molar refractivity (Wildman–Crippen MR) is 147 cm³/mol. The molecule has 1 fully saturated rings. The van der Waals surface area contributed by atoms with Crippen LogP contribution in [0.2, 0.25) is 0 Å². The molecule has 2 aromatic rings. The number of amides is 3. The van der Waals surface area contributed by atoms with Crippen molar-refractivity contribution in [1.29, 1.82) is 0 Å². The van der Waals surface area contributed by atoms with E-state index < -0.39 is 6.04 Å². The van der Waals surface area contributed by atoms with Crippen LogP contribution in [-0.2, 0) is 22.4 Å². The van der Waals surface area contributed by atoms with Crippen molar-refractivity contribution in [3.63, 3.8) is 0 Å². The first-order chi connectivity index (χ1) is 18.0. The Morgan fingerprint density at radius 3 is 2.16 bits per heavy atom. The van der Waals surface area contributed by atoms with Crippen LogP contribution in [0.15, 0.2) is 60.7 Å². The number of rotatable bonds is 12. The van der Waals surface area contributed by atoms with Gasteiger partial charge in [-0.25, -0.2) is 4.79 Å². The molecule has 9 heteroatoms. The van der Waals surface area contributed by atoms with Gasteiger partial charge in [0.05, 0.1) is 6.61 Å². The standard InChI is InChI=1S/C28H38N4O4S/c1-23(34)37-21-19-32(13-12-24-8-4-2-5-9-24)28(36)29-26(22-25-10-6-3-7-11-25)27(35)31-16-14-30(15-17-31)18-20-33/h2-11,26,33H,12-22H2,1H3,(H,29,36).